The second-order valence-electron chi connectivity index (χ2n) is 4.80. The Hall–Kier alpha value is -1.18. The van der Waals surface area contributed by atoms with Crippen LogP contribution in [-0.2, 0) is 14.8 Å². The zero-order chi connectivity index (χ0) is 14.4. The van der Waals surface area contributed by atoms with Crippen LogP contribution in [0.3, 0.4) is 0 Å². The van der Waals surface area contributed by atoms with E-state index in [0.717, 1.165) is 12.8 Å². The van der Waals surface area contributed by atoms with Crippen LogP contribution in [0.25, 0.3) is 0 Å². The first-order chi connectivity index (χ1) is 9.62. The minimum absolute atomic E-state index is 0.0103. The second kappa shape index (κ2) is 7.01. The van der Waals surface area contributed by atoms with E-state index in [1.54, 1.807) is 0 Å². The highest BCUT2D eigenvalue weighted by Crippen LogP contribution is 2.20. The Morgan fingerprint density at radius 1 is 1.30 bits per heavy atom. The van der Waals surface area contributed by atoms with E-state index in [4.69, 9.17) is 9.15 Å². The summed E-state index contributed by atoms with van der Waals surface area (Å²) in [5, 5.41) is -0.253. The van der Waals surface area contributed by atoms with Gasteiger partial charge in [0.2, 0.25) is 5.09 Å². The first kappa shape index (κ1) is 15.2. The van der Waals surface area contributed by atoms with Gasteiger partial charge >= 0.3 is 0 Å². The Bertz CT molecular complexity index is 531. The minimum Gasteiger partial charge on any atom is -0.440 e. The molecule has 1 heterocycles. The van der Waals surface area contributed by atoms with Gasteiger partial charge in [0.05, 0.1) is 12.7 Å². The predicted octanol–water partition coefficient (Wildman–Crippen LogP) is 1.72. The Balaban J connectivity index is 1.76. The van der Waals surface area contributed by atoms with Crippen molar-refractivity contribution in [1.29, 1.82) is 0 Å². The summed E-state index contributed by atoms with van der Waals surface area (Å²) in [6.07, 6.45) is 6.42. The quantitative estimate of drug-likeness (QED) is 0.612. The Kier molecular flexibility index (Phi) is 5.33. The molecule has 0 amide bonds. The van der Waals surface area contributed by atoms with Crippen LogP contribution < -0.4 is 4.72 Å². The number of ether oxygens (including phenoxy) is 1. The van der Waals surface area contributed by atoms with Gasteiger partial charge in [-0.3, -0.25) is 4.79 Å². The van der Waals surface area contributed by atoms with Crippen molar-refractivity contribution >= 4 is 16.3 Å². The maximum absolute atomic E-state index is 11.8. The molecule has 0 spiro atoms. The molecule has 1 aliphatic carbocycles. The van der Waals surface area contributed by atoms with E-state index in [-0.39, 0.29) is 23.5 Å². The van der Waals surface area contributed by atoms with E-state index in [1.165, 1.54) is 31.4 Å². The Morgan fingerprint density at radius 3 is 2.70 bits per heavy atom. The Morgan fingerprint density at radius 2 is 2.05 bits per heavy atom. The lowest BCUT2D eigenvalue weighted by Crippen LogP contribution is -2.29. The van der Waals surface area contributed by atoms with Crippen molar-refractivity contribution in [3.63, 3.8) is 0 Å². The summed E-state index contributed by atoms with van der Waals surface area (Å²) in [7, 11) is -3.71. The van der Waals surface area contributed by atoms with Crippen LogP contribution in [0.5, 0.6) is 0 Å². The summed E-state index contributed by atoms with van der Waals surface area (Å²) in [6.45, 7) is 0.529. The van der Waals surface area contributed by atoms with Crippen LogP contribution in [0.2, 0.25) is 0 Å². The maximum atomic E-state index is 11.8. The molecule has 112 valence electrons. The number of carbonyl (C=O) groups is 1. The molecule has 1 aromatic heterocycles. The van der Waals surface area contributed by atoms with Crippen LogP contribution in [0.15, 0.2) is 21.6 Å². The lowest BCUT2D eigenvalue weighted by molar-refractivity contribution is 0.0320. The van der Waals surface area contributed by atoms with Gasteiger partial charge in [-0.1, -0.05) is 19.3 Å². The van der Waals surface area contributed by atoms with Crippen LogP contribution in [0, 0.1) is 0 Å². The first-order valence-electron chi connectivity index (χ1n) is 6.78. The van der Waals surface area contributed by atoms with Gasteiger partial charge < -0.3 is 9.15 Å². The van der Waals surface area contributed by atoms with Crippen molar-refractivity contribution in [2.24, 2.45) is 0 Å². The molecule has 20 heavy (non-hydrogen) atoms. The van der Waals surface area contributed by atoms with Crippen LogP contribution in [0.4, 0.5) is 0 Å². The van der Waals surface area contributed by atoms with Crippen molar-refractivity contribution < 1.29 is 22.4 Å². The van der Waals surface area contributed by atoms with E-state index in [9.17, 15) is 13.2 Å². The molecule has 1 aromatic rings. The molecular weight excluding hydrogens is 282 g/mol. The van der Waals surface area contributed by atoms with E-state index in [2.05, 4.69) is 4.72 Å². The van der Waals surface area contributed by atoms with Gasteiger partial charge in [0.1, 0.15) is 0 Å². The predicted molar refractivity (Wildman–Crippen MR) is 72.1 cm³/mol. The summed E-state index contributed by atoms with van der Waals surface area (Å²) in [5.41, 5.74) is 0. The molecule has 0 atom stereocenters. The largest absolute Gasteiger partial charge is 0.440 e. The number of nitrogens with one attached hydrogen (secondary N) is 1. The van der Waals surface area contributed by atoms with Gasteiger partial charge in [-0.05, 0) is 25.0 Å². The summed E-state index contributed by atoms with van der Waals surface area (Å²) in [5.74, 6) is -0.0103. The van der Waals surface area contributed by atoms with E-state index >= 15 is 0 Å². The standard InChI is InChI=1S/C13H19NO5S/c15-10-12-6-7-13(19-12)20(16,17)14-8-9-18-11-4-2-1-3-5-11/h6-7,10-11,14H,1-5,8-9H2. The number of hydrogen-bond acceptors (Lipinski definition) is 5. The minimum atomic E-state index is -3.71. The fraction of sp³-hybridized carbons (Fsp3) is 0.615. The smallest absolute Gasteiger partial charge is 0.274 e. The van der Waals surface area contributed by atoms with Gasteiger partial charge in [0.15, 0.2) is 12.0 Å². The van der Waals surface area contributed by atoms with Crippen molar-refractivity contribution in [3.05, 3.63) is 17.9 Å². The molecule has 0 unspecified atom stereocenters. The molecule has 0 saturated heterocycles. The normalized spacial score (nSPS) is 17.2. The zero-order valence-corrected chi connectivity index (χ0v) is 12.0. The zero-order valence-electron chi connectivity index (χ0n) is 11.2. The molecule has 0 aromatic carbocycles. The van der Waals surface area contributed by atoms with Gasteiger partial charge in [-0.2, -0.15) is 0 Å². The lowest BCUT2D eigenvalue weighted by Gasteiger charge is -2.21. The molecular formula is C13H19NO5S. The number of sulfonamides is 1. The molecule has 0 aliphatic heterocycles. The second-order valence-corrected chi connectivity index (χ2v) is 6.50. The van der Waals surface area contributed by atoms with Gasteiger partial charge in [0.25, 0.3) is 10.0 Å². The van der Waals surface area contributed by atoms with Crippen molar-refractivity contribution in [3.8, 4) is 0 Å². The highest BCUT2D eigenvalue weighted by atomic mass is 32.2. The van der Waals surface area contributed by atoms with Gasteiger partial charge in [-0.25, -0.2) is 13.1 Å². The molecule has 0 radical (unpaired) electrons. The molecule has 1 saturated carbocycles. The summed E-state index contributed by atoms with van der Waals surface area (Å²) in [6, 6.07) is 2.58. The van der Waals surface area contributed by atoms with Crippen LogP contribution >= 0.6 is 0 Å². The third kappa shape index (κ3) is 4.16. The summed E-state index contributed by atoms with van der Waals surface area (Å²) < 4.78 is 36.6. The van der Waals surface area contributed by atoms with Crippen LogP contribution in [0.1, 0.15) is 42.7 Å². The lowest BCUT2D eigenvalue weighted by atomic mass is 9.98. The number of hydrogen-bond donors (Lipinski definition) is 1. The average molecular weight is 301 g/mol. The van der Waals surface area contributed by atoms with E-state index in [0.29, 0.717) is 12.9 Å². The number of furan rings is 1. The van der Waals surface area contributed by atoms with E-state index < -0.39 is 10.0 Å². The summed E-state index contributed by atoms with van der Waals surface area (Å²) >= 11 is 0. The first-order valence-corrected chi connectivity index (χ1v) is 8.26. The third-order valence-corrected chi connectivity index (χ3v) is 4.62. The number of aldehydes is 1. The maximum Gasteiger partial charge on any atom is 0.274 e. The third-order valence-electron chi connectivity index (χ3n) is 3.28. The molecule has 1 fully saturated rings. The fourth-order valence-electron chi connectivity index (χ4n) is 2.25. The Labute approximate surface area is 118 Å². The molecule has 0 bridgehead atoms. The molecule has 1 N–H and O–H groups in total. The van der Waals surface area contributed by atoms with Crippen LogP contribution in [-0.4, -0.2) is 34.0 Å². The van der Waals surface area contributed by atoms with Crippen molar-refractivity contribution in [1.82, 2.24) is 4.72 Å². The van der Waals surface area contributed by atoms with Gasteiger partial charge in [-0.15, -0.1) is 0 Å². The van der Waals surface area contributed by atoms with E-state index in [1.807, 2.05) is 0 Å². The van der Waals surface area contributed by atoms with Crippen molar-refractivity contribution in [2.75, 3.05) is 13.2 Å². The number of rotatable bonds is 7. The van der Waals surface area contributed by atoms with Gasteiger partial charge in [0, 0.05) is 6.54 Å². The molecule has 1 aliphatic rings. The topological polar surface area (TPSA) is 85.6 Å². The molecule has 2 rings (SSSR count). The van der Waals surface area contributed by atoms with Crippen molar-refractivity contribution in [2.45, 2.75) is 43.3 Å². The average Bonchev–Trinajstić information content (AvgIpc) is 2.95. The highest BCUT2D eigenvalue weighted by molar-refractivity contribution is 7.89. The summed E-state index contributed by atoms with van der Waals surface area (Å²) in [4.78, 5) is 10.5. The molecule has 7 heteroatoms. The fourth-order valence-corrected chi connectivity index (χ4v) is 3.19. The monoisotopic (exact) mass is 301 g/mol. The number of carbonyl (C=O) groups excluding carboxylic acids is 1. The SMILES string of the molecule is O=Cc1ccc(S(=O)(=O)NCCOC2CCCCC2)o1. The highest BCUT2D eigenvalue weighted by Gasteiger charge is 2.19. The molecule has 6 nitrogen and oxygen atoms in total.